The van der Waals surface area contributed by atoms with Crippen molar-refractivity contribution in [1.82, 2.24) is 4.98 Å². The van der Waals surface area contributed by atoms with E-state index >= 15 is 0 Å². The molecular formula is C60H63N3S. The first-order valence-electron chi connectivity index (χ1n) is 22.0. The minimum absolute atomic E-state index is 0.769. The highest BCUT2D eigenvalue weighted by molar-refractivity contribution is 7.80. The number of pyridine rings is 1. The maximum atomic E-state index is 5.26. The summed E-state index contributed by atoms with van der Waals surface area (Å²) in [7, 11) is 0. The number of nitrogens with zero attached hydrogens (tertiary/aromatic N) is 3. The molecule has 1 aliphatic carbocycles. The maximum absolute atomic E-state index is 5.26. The van der Waals surface area contributed by atoms with Gasteiger partial charge in [0.05, 0.1) is 22.7 Å². The number of hydrogen-bond acceptors (Lipinski definition) is 4. The molecule has 0 radical (unpaired) electrons. The zero-order chi connectivity index (χ0) is 45.5. The van der Waals surface area contributed by atoms with Gasteiger partial charge in [-0.05, 0) is 113 Å². The topological polar surface area (TPSA) is 19.4 Å². The summed E-state index contributed by atoms with van der Waals surface area (Å²) >= 11 is 4.80. The van der Waals surface area contributed by atoms with Gasteiger partial charge in [-0.15, -0.1) is 12.6 Å². The van der Waals surface area contributed by atoms with E-state index in [1.807, 2.05) is 72.8 Å². The Bertz CT molecular complexity index is 2350. The molecule has 7 aromatic carbocycles. The molecule has 9 rings (SSSR count). The Kier molecular flexibility index (Phi) is 19.5. The Balaban J connectivity index is 0.000000218. The molecular weight excluding hydrogens is 795 g/mol. The second kappa shape index (κ2) is 25.9. The largest absolute Gasteiger partial charge is 0.294 e. The second-order valence-corrected chi connectivity index (χ2v) is 16.3. The Labute approximate surface area is 389 Å². The molecule has 3 nitrogen and oxygen atoms in total. The SMILES string of the molecule is CC1C=CC=CC1.Cc1ccccc1.Cc1ccccc1.Cc1ccccc1.Cc1ccccc1N(c1cccc(N(c2ccccc2C)c2ccccc2S)n1)c1ccccc1C. The third kappa shape index (κ3) is 15.2. The molecule has 8 aromatic rings. The molecule has 1 aromatic heterocycles. The monoisotopic (exact) mass is 857 g/mol. The molecule has 1 heterocycles. The molecule has 0 aliphatic heterocycles. The van der Waals surface area contributed by atoms with Crippen LogP contribution >= 0.6 is 12.6 Å². The van der Waals surface area contributed by atoms with Crippen LogP contribution in [-0.2, 0) is 0 Å². The number of anilines is 6. The van der Waals surface area contributed by atoms with Crippen LogP contribution in [0.5, 0.6) is 0 Å². The van der Waals surface area contributed by atoms with Gasteiger partial charge in [-0.3, -0.25) is 9.80 Å². The summed E-state index contributed by atoms with van der Waals surface area (Å²) < 4.78 is 0. The van der Waals surface area contributed by atoms with Crippen LogP contribution < -0.4 is 9.80 Å². The number of thiol groups is 1. The summed E-state index contributed by atoms with van der Waals surface area (Å²) in [5.41, 5.74) is 11.8. The van der Waals surface area contributed by atoms with E-state index in [0.29, 0.717) is 0 Å². The molecule has 0 saturated carbocycles. The number of para-hydroxylation sites is 4. The van der Waals surface area contributed by atoms with Crippen molar-refractivity contribution < 1.29 is 0 Å². The van der Waals surface area contributed by atoms with Crippen molar-refractivity contribution in [2.45, 2.75) is 59.8 Å². The van der Waals surface area contributed by atoms with Crippen molar-refractivity contribution in [3.8, 4) is 0 Å². The van der Waals surface area contributed by atoms with Gasteiger partial charge in [0.15, 0.2) is 0 Å². The van der Waals surface area contributed by atoms with Gasteiger partial charge in [0, 0.05) is 4.90 Å². The second-order valence-electron chi connectivity index (χ2n) is 15.9. The van der Waals surface area contributed by atoms with Crippen molar-refractivity contribution in [1.29, 1.82) is 0 Å². The number of benzene rings is 7. The third-order valence-corrected chi connectivity index (χ3v) is 10.8. The van der Waals surface area contributed by atoms with Crippen molar-refractivity contribution in [2.24, 2.45) is 5.92 Å². The molecule has 1 atom stereocenters. The average molecular weight is 858 g/mol. The molecule has 324 valence electrons. The standard InChI is InChI=1S/C32H29N3S.C7H10.3C7H8/c1-23-13-4-7-16-26(23)34(27-17-8-5-14-24(27)2)31-21-12-22-32(33-31)35(28-18-9-6-15-25(28)3)29-19-10-11-20-30(29)36;4*1-7-5-3-2-4-6-7/h4-22,36H,1-3H3;2-5,7H,6H2,1H3;3*2-6H,1H3. The Hall–Kier alpha value is -6.88. The summed E-state index contributed by atoms with van der Waals surface area (Å²) in [6.07, 6.45) is 9.84. The van der Waals surface area contributed by atoms with Gasteiger partial charge in [0.25, 0.3) is 0 Å². The highest BCUT2D eigenvalue weighted by Crippen LogP contribution is 2.42. The minimum Gasteiger partial charge on any atom is -0.294 e. The van der Waals surface area contributed by atoms with E-state index in [1.165, 1.54) is 34.2 Å². The maximum Gasteiger partial charge on any atom is 0.140 e. The fraction of sp³-hybridized carbons (Fsp3) is 0.150. The lowest BCUT2D eigenvalue weighted by atomic mass is 10.0. The lowest BCUT2D eigenvalue weighted by molar-refractivity contribution is 0.737. The van der Waals surface area contributed by atoms with E-state index in [-0.39, 0.29) is 0 Å². The first-order chi connectivity index (χ1) is 31.1. The average Bonchev–Trinajstić information content (AvgIpc) is 3.31. The third-order valence-electron chi connectivity index (χ3n) is 10.4. The van der Waals surface area contributed by atoms with E-state index in [0.717, 1.165) is 50.8 Å². The smallest absolute Gasteiger partial charge is 0.140 e. The Morgan fingerprint density at radius 1 is 0.391 bits per heavy atom. The predicted molar refractivity (Wildman–Crippen MR) is 281 cm³/mol. The zero-order valence-corrected chi connectivity index (χ0v) is 39.4. The number of hydrogen-bond donors (Lipinski definition) is 1. The lowest BCUT2D eigenvalue weighted by Gasteiger charge is -2.30. The summed E-state index contributed by atoms with van der Waals surface area (Å²) in [6, 6.07) is 70.4. The first kappa shape index (κ1) is 48.2. The van der Waals surface area contributed by atoms with E-state index in [2.05, 4.69) is 216 Å². The summed E-state index contributed by atoms with van der Waals surface area (Å²) in [4.78, 5) is 10.6. The molecule has 0 spiro atoms. The zero-order valence-electron chi connectivity index (χ0n) is 38.5. The van der Waals surface area contributed by atoms with Crippen molar-refractivity contribution in [3.63, 3.8) is 0 Å². The molecule has 0 bridgehead atoms. The van der Waals surface area contributed by atoms with E-state index in [9.17, 15) is 0 Å². The van der Waals surface area contributed by atoms with Crippen LogP contribution in [0.25, 0.3) is 0 Å². The quantitative estimate of drug-likeness (QED) is 0.168. The van der Waals surface area contributed by atoms with Crippen molar-refractivity contribution in [3.05, 3.63) is 264 Å². The summed E-state index contributed by atoms with van der Waals surface area (Å²) in [5.74, 6) is 2.45. The predicted octanol–water partition coefficient (Wildman–Crippen LogP) is 17.4. The Morgan fingerprint density at radius 3 is 1.03 bits per heavy atom. The van der Waals surface area contributed by atoms with E-state index < -0.39 is 0 Å². The van der Waals surface area contributed by atoms with E-state index in [1.54, 1.807) is 0 Å². The van der Waals surface area contributed by atoms with Crippen molar-refractivity contribution >= 4 is 47.0 Å². The van der Waals surface area contributed by atoms with Gasteiger partial charge in [-0.1, -0.05) is 212 Å². The van der Waals surface area contributed by atoms with Crippen LogP contribution in [0, 0.1) is 47.5 Å². The summed E-state index contributed by atoms with van der Waals surface area (Å²) in [5, 5.41) is 0. The van der Waals surface area contributed by atoms with Crippen LogP contribution in [0.3, 0.4) is 0 Å². The van der Waals surface area contributed by atoms with Gasteiger partial charge in [-0.2, -0.15) is 0 Å². The number of aryl methyl sites for hydroxylation is 6. The van der Waals surface area contributed by atoms with Gasteiger partial charge in [0.2, 0.25) is 0 Å². The molecule has 0 N–H and O–H groups in total. The normalized spacial score (nSPS) is 12.0. The van der Waals surface area contributed by atoms with Gasteiger partial charge >= 0.3 is 0 Å². The number of allylic oxidation sites excluding steroid dienone is 4. The first-order valence-corrected chi connectivity index (χ1v) is 22.5. The van der Waals surface area contributed by atoms with E-state index in [4.69, 9.17) is 17.6 Å². The highest BCUT2D eigenvalue weighted by Gasteiger charge is 2.21. The molecule has 0 amide bonds. The van der Waals surface area contributed by atoms with Gasteiger partial charge in [0.1, 0.15) is 11.6 Å². The molecule has 0 saturated heterocycles. The Morgan fingerprint density at radius 2 is 0.734 bits per heavy atom. The van der Waals surface area contributed by atoms with Crippen LogP contribution in [0.2, 0.25) is 0 Å². The van der Waals surface area contributed by atoms with Crippen LogP contribution in [0.4, 0.5) is 34.4 Å². The minimum atomic E-state index is 0.769. The lowest BCUT2D eigenvalue weighted by Crippen LogP contribution is -2.17. The molecule has 0 fully saturated rings. The highest BCUT2D eigenvalue weighted by atomic mass is 32.1. The van der Waals surface area contributed by atoms with Gasteiger partial charge in [-0.25, -0.2) is 4.98 Å². The van der Waals surface area contributed by atoms with Gasteiger partial charge < -0.3 is 0 Å². The molecule has 64 heavy (non-hydrogen) atoms. The van der Waals surface area contributed by atoms with Crippen LogP contribution in [-0.4, -0.2) is 4.98 Å². The molecule has 4 heteroatoms. The number of aromatic nitrogens is 1. The van der Waals surface area contributed by atoms with Crippen molar-refractivity contribution in [2.75, 3.05) is 9.80 Å². The molecule has 1 unspecified atom stereocenters. The van der Waals surface area contributed by atoms with Crippen LogP contribution in [0.1, 0.15) is 46.7 Å². The van der Waals surface area contributed by atoms with Crippen LogP contribution in [0.15, 0.2) is 235 Å². The number of rotatable bonds is 6. The summed E-state index contributed by atoms with van der Waals surface area (Å²) in [6.45, 7) is 14.9. The molecule has 1 aliphatic rings. The fourth-order valence-electron chi connectivity index (χ4n) is 6.82. The fourth-order valence-corrected chi connectivity index (χ4v) is 7.08.